The first-order valence-corrected chi connectivity index (χ1v) is 9.95. The Hall–Kier alpha value is -4.28. The molecule has 0 aromatic carbocycles. The van der Waals surface area contributed by atoms with Gasteiger partial charge >= 0.3 is 6.18 Å². The van der Waals surface area contributed by atoms with Crippen molar-refractivity contribution in [2.45, 2.75) is 12.6 Å². The molecule has 0 fully saturated rings. The van der Waals surface area contributed by atoms with E-state index in [1.165, 1.54) is 6.07 Å². The summed E-state index contributed by atoms with van der Waals surface area (Å²) in [4.78, 5) is 8.06. The minimum Gasteiger partial charge on any atom is -0.325 e. The van der Waals surface area contributed by atoms with Gasteiger partial charge in [-0.15, -0.1) is 10.2 Å². The van der Waals surface area contributed by atoms with Crippen molar-refractivity contribution in [2.24, 2.45) is 7.05 Å². The number of alkyl halides is 3. The van der Waals surface area contributed by atoms with E-state index in [0.29, 0.717) is 17.3 Å². The van der Waals surface area contributed by atoms with Gasteiger partial charge in [-0.25, -0.2) is 9.97 Å². The molecule has 0 spiro atoms. The number of hydrogen-bond acceptors (Lipinski definition) is 6. The third-order valence-corrected chi connectivity index (χ3v) is 5.09. The zero-order valence-electron chi connectivity index (χ0n) is 17.3. The molecule has 11 heteroatoms. The van der Waals surface area contributed by atoms with E-state index in [0.717, 1.165) is 23.0 Å². The summed E-state index contributed by atoms with van der Waals surface area (Å²) >= 11 is 0. The number of aryl methyl sites for hydroxylation is 1. The zero-order chi connectivity index (χ0) is 23.0. The quantitative estimate of drug-likeness (QED) is 0.430. The molecule has 166 valence electrons. The monoisotopic (exact) mass is 450 g/mol. The summed E-state index contributed by atoms with van der Waals surface area (Å²) in [6, 6.07) is 13.2. The lowest BCUT2D eigenvalue weighted by atomic mass is 10.1. The van der Waals surface area contributed by atoms with E-state index in [4.69, 9.17) is 0 Å². The number of hydrogen-bond donors (Lipinski definition) is 1. The summed E-state index contributed by atoms with van der Waals surface area (Å²) < 4.78 is 42.3. The third-order valence-electron chi connectivity index (χ3n) is 5.09. The molecule has 0 amide bonds. The molecule has 0 atom stereocenters. The Morgan fingerprint density at radius 3 is 2.61 bits per heavy atom. The van der Waals surface area contributed by atoms with Gasteiger partial charge in [-0.05, 0) is 47.5 Å². The molecule has 0 aliphatic heterocycles. The van der Waals surface area contributed by atoms with Crippen molar-refractivity contribution in [1.82, 2.24) is 34.3 Å². The van der Waals surface area contributed by atoms with E-state index in [2.05, 4.69) is 30.6 Å². The van der Waals surface area contributed by atoms with E-state index < -0.39 is 11.9 Å². The first kappa shape index (κ1) is 20.6. The normalized spacial score (nSPS) is 11.8. The van der Waals surface area contributed by atoms with Gasteiger partial charge in [0.25, 0.3) is 0 Å². The van der Waals surface area contributed by atoms with Crippen LogP contribution in [-0.2, 0) is 19.6 Å². The van der Waals surface area contributed by atoms with Crippen LogP contribution in [0.3, 0.4) is 0 Å². The van der Waals surface area contributed by atoms with Crippen LogP contribution in [0.25, 0.3) is 16.8 Å². The van der Waals surface area contributed by atoms with Crippen LogP contribution in [0.2, 0.25) is 0 Å². The second-order valence-corrected chi connectivity index (χ2v) is 7.34. The van der Waals surface area contributed by atoms with Crippen molar-refractivity contribution in [2.75, 3.05) is 5.32 Å². The van der Waals surface area contributed by atoms with Crippen LogP contribution in [0.15, 0.2) is 67.1 Å². The van der Waals surface area contributed by atoms with Gasteiger partial charge in [0.2, 0.25) is 0 Å². The Balaban J connectivity index is 1.41. The van der Waals surface area contributed by atoms with Gasteiger partial charge in [-0.3, -0.25) is 9.08 Å². The van der Waals surface area contributed by atoms with Crippen molar-refractivity contribution in [3.05, 3.63) is 84.3 Å². The first-order chi connectivity index (χ1) is 15.9. The Kier molecular flexibility index (Phi) is 5.00. The molecule has 33 heavy (non-hydrogen) atoms. The molecule has 0 aliphatic carbocycles. The summed E-state index contributed by atoms with van der Waals surface area (Å²) in [5.74, 6) is 1.96. The Bertz CT molecular complexity index is 1440. The summed E-state index contributed by atoms with van der Waals surface area (Å²) in [7, 11) is 1.83. The van der Waals surface area contributed by atoms with Crippen LogP contribution in [-0.4, -0.2) is 34.3 Å². The van der Waals surface area contributed by atoms with E-state index in [-0.39, 0.29) is 12.1 Å². The average molecular weight is 450 g/mol. The molecule has 0 saturated carbocycles. The zero-order valence-corrected chi connectivity index (χ0v) is 17.3. The van der Waals surface area contributed by atoms with Crippen molar-refractivity contribution in [3.8, 4) is 11.1 Å². The molecule has 1 N–H and O–H groups in total. The van der Waals surface area contributed by atoms with Crippen LogP contribution in [0.1, 0.15) is 17.2 Å². The molecule has 5 rings (SSSR count). The van der Waals surface area contributed by atoms with Crippen LogP contribution in [0, 0.1) is 0 Å². The highest BCUT2D eigenvalue weighted by atomic mass is 19.4. The fourth-order valence-electron chi connectivity index (χ4n) is 3.44. The Morgan fingerprint density at radius 1 is 0.970 bits per heavy atom. The van der Waals surface area contributed by atoms with Gasteiger partial charge in [0.15, 0.2) is 5.65 Å². The van der Waals surface area contributed by atoms with Crippen molar-refractivity contribution < 1.29 is 13.2 Å². The van der Waals surface area contributed by atoms with E-state index in [9.17, 15) is 13.2 Å². The van der Waals surface area contributed by atoms with Gasteiger partial charge < -0.3 is 5.32 Å². The maximum atomic E-state index is 13.0. The molecule has 5 aromatic heterocycles. The highest BCUT2D eigenvalue weighted by molar-refractivity contribution is 5.70. The number of nitrogens with zero attached hydrogens (tertiary/aromatic N) is 7. The number of halogens is 3. The van der Waals surface area contributed by atoms with E-state index >= 15 is 0 Å². The second kappa shape index (κ2) is 8.01. The highest BCUT2D eigenvalue weighted by Gasteiger charge is 2.32. The lowest BCUT2D eigenvalue weighted by molar-refractivity contribution is -0.141. The van der Waals surface area contributed by atoms with Gasteiger partial charge in [0.05, 0.1) is 12.6 Å². The molecule has 5 aromatic rings. The third kappa shape index (κ3) is 4.25. The van der Waals surface area contributed by atoms with Gasteiger partial charge in [-0.1, -0.05) is 6.07 Å². The van der Waals surface area contributed by atoms with Gasteiger partial charge in [0.1, 0.15) is 23.2 Å². The van der Waals surface area contributed by atoms with Gasteiger partial charge in [0, 0.05) is 31.2 Å². The molecule has 0 aliphatic rings. The maximum Gasteiger partial charge on any atom is 0.433 e. The first-order valence-electron chi connectivity index (χ1n) is 9.95. The maximum absolute atomic E-state index is 13.0. The summed E-state index contributed by atoms with van der Waals surface area (Å²) in [5, 5.41) is 15.7. The number of aromatic nitrogens is 7. The largest absolute Gasteiger partial charge is 0.433 e. The Morgan fingerprint density at radius 2 is 1.82 bits per heavy atom. The number of anilines is 2. The number of rotatable bonds is 5. The van der Waals surface area contributed by atoms with Gasteiger partial charge in [-0.2, -0.15) is 18.3 Å². The highest BCUT2D eigenvalue weighted by Crippen LogP contribution is 2.28. The topological polar surface area (TPSA) is 85.8 Å². The minimum atomic E-state index is -4.49. The predicted molar refractivity (Wildman–Crippen MR) is 115 cm³/mol. The van der Waals surface area contributed by atoms with Crippen LogP contribution in [0.4, 0.5) is 24.8 Å². The molecular weight excluding hydrogens is 433 g/mol. The summed E-state index contributed by atoms with van der Waals surface area (Å²) in [6.07, 6.45) is 0.818. The molecular formula is C22H17F3N8. The number of nitrogens with one attached hydrogen (secondary N) is 1. The van der Waals surface area contributed by atoms with E-state index in [1.807, 2.05) is 37.4 Å². The Labute approximate surface area is 185 Å². The van der Waals surface area contributed by atoms with E-state index in [1.54, 1.807) is 33.7 Å². The predicted octanol–water partition coefficient (Wildman–Crippen LogP) is 4.27. The number of fused-ring (bicyclic) bond motifs is 1. The van der Waals surface area contributed by atoms with Crippen molar-refractivity contribution in [1.29, 1.82) is 0 Å². The van der Waals surface area contributed by atoms with Crippen LogP contribution < -0.4 is 5.32 Å². The smallest absolute Gasteiger partial charge is 0.325 e. The molecule has 8 nitrogen and oxygen atoms in total. The van der Waals surface area contributed by atoms with Crippen LogP contribution in [0.5, 0.6) is 0 Å². The van der Waals surface area contributed by atoms with Crippen molar-refractivity contribution >= 4 is 17.3 Å². The summed E-state index contributed by atoms with van der Waals surface area (Å²) in [5.41, 5.74) is 1.73. The average Bonchev–Trinajstić information content (AvgIpc) is 3.39. The second-order valence-electron chi connectivity index (χ2n) is 7.34. The van der Waals surface area contributed by atoms with Crippen molar-refractivity contribution in [3.63, 3.8) is 0 Å². The fraction of sp³-hybridized carbons (Fsp3) is 0.136. The SMILES string of the molecule is Cn1nccc1Nc1cc(-c2ccn3c(Cc4cccc(C(F)(F)F)n4)nnc3c2)ccn1. The van der Waals surface area contributed by atoms with Crippen LogP contribution >= 0.6 is 0 Å². The minimum absolute atomic E-state index is 0.123. The molecule has 0 bridgehead atoms. The number of pyridine rings is 3. The molecule has 5 heterocycles. The standard InChI is InChI=1S/C22H17F3N8/c1-32-19(6-9-27-32)29-18-11-14(5-8-26-18)15-7-10-33-20(12-15)30-31-21(33)13-16-3-2-4-17(28-16)22(23,24)25/h2-12H,13H2,1H3,(H,26,29). The lowest BCUT2D eigenvalue weighted by Crippen LogP contribution is -2.09. The molecule has 0 unspecified atom stereocenters. The lowest BCUT2D eigenvalue weighted by Gasteiger charge is -2.09. The fourth-order valence-corrected chi connectivity index (χ4v) is 3.44. The molecule has 0 saturated heterocycles. The molecule has 0 radical (unpaired) electrons. The summed E-state index contributed by atoms with van der Waals surface area (Å²) in [6.45, 7) is 0.